The van der Waals surface area contributed by atoms with E-state index in [0.29, 0.717) is 10.7 Å². The summed E-state index contributed by atoms with van der Waals surface area (Å²) < 4.78 is 0. The fourth-order valence-corrected chi connectivity index (χ4v) is 3.22. The molecule has 0 atom stereocenters. The Kier molecular flexibility index (Phi) is 6.12. The molecule has 0 saturated carbocycles. The molecule has 1 heterocycles. The molecule has 3 N–H and O–H groups in total. The summed E-state index contributed by atoms with van der Waals surface area (Å²) >= 11 is 6.83. The predicted molar refractivity (Wildman–Crippen MR) is 101 cm³/mol. The number of anilines is 1. The number of amides is 1. The number of carbonyl (C=O) groups is 1. The van der Waals surface area contributed by atoms with Crippen molar-refractivity contribution in [3.63, 3.8) is 0 Å². The molecule has 122 valence electrons. The van der Waals surface area contributed by atoms with E-state index in [0.717, 1.165) is 29.7 Å². The van der Waals surface area contributed by atoms with Crippen molar-refractivity contribution in [2.45, 2.75) is 33.6 Å². The number of benzene rings is 1. The number of hydrogen-bond donors (Lipinski definition) is 3. The Labute approximate surface area is 146 Å². The zero-order chi connectivity index (χ0) is 16.8. The first kappa shape index (κ1) is 17.4. The third-order valence-corrected chi connectivity index (χ3v) is 4.54. The van der Waals surface area contributed by atoms with Crippen LogP contribution in [0.5, 0.6) is 0 Å². The summed E-state index contributed by atoms with van der Waals surface area (Å²) in [5, 5.41) is 5.31. The third kappa shape index (κ3) is 5.04. The lowest BCUT2D eigenvalue weighted by atomic mass is 10.1. The first-order valence-electron chi connectivity index (χ1n) is 7.51. The summed E-state index contributed by atoms with van der Waals surface area (Å²) in [7, 11) is 0. The van der Waals surface area contributed by atoms with Gasteiger partial charge in [0.2, 0.25) is 0 Å². The highest BCUT2D eigenvalue weighted by atomic mass is 32.1. The van der Waals surface area contributed by atoms with Crippen LogP contribution in [0.3, 0.4) is 0 Å². The number of aryl methyl sites for hydroxylation is 3. The molecule has 4 nitrogen and oxygen atoms in total. The SMILES string of the molecule is CCCc1cc(C(=O)NNC(=S)Nc2cc(C)ccc2C)cs1. The van der Waals surface area contributed by atoms with Crippen LogP contribution in [0.15, 0.2) is 29.6 Å². The Balaban J connectivity index is 1.88. The van der Waals surface area contributed by atoms with E-state index in [1.54, 1.807) is 11.3 Å². The summed E-state index contributed by atoms with van der Waals surface area (Å²) in [6.07, 6.45) is 2.07. The zero-order valence-electron chi connectivity index (χ0n) is 13.5. The lowest BCUT2D eigenvalue weighted by Crippen LogP contribution is -2.43. The van der Waals surface area contributed by atoms with Crippen LogP contribution in [-0.4, -0.2) is 11.0 Å². The maximum atomic E-state index is 12.1. The fraction of sp³-hybridized carbons (Fsp3) is 0.294. The van der Waals surface area contributed by atoms with E-state index in [1.165, 1.54) is 4.88 Å². The minimum Gasteiger partial charge on any atom is -0.331 e. The van der Waals surface area contributed by atoms with E-state index < -0.39 is 0 Å². The van der Waals surface area contributed by atoms with Gasteiger partial charge in [-0.1, -0.05) is 25.5 Å². The van der Waals surface area contributed by atoms with Gasteiger partial charge in [0.05, 0.1) is 5.56 Å². The summed E-state index contributed by atoms with van der Waals surface area (Å²) in [4.78, 5) is 13.3. The monoisotopic (exact) mass is 347 g/mol. The summed E-state index contributed by atoms with van der Waals surface area (Å²) in [5.74, 6) is -0.186. The molecule has 2 rings (SSSR count). The number of hydrazine groups is 1. The van der Waals surface area contributed by atoms with E-state index in [4.69, 9.17) is 12.2 Å². The second-order valence-electron chi connectivity index (χ2n) is 5.40. The van der Waals surface area contributed by atoms with Gasteiger partial charge in [-0.05, 0) is 55.7 Å². The minimum absolute atomic E-state index is 0.186. The van der Waals surface area contributed by atoms with Crippen LogP contribution in [0.1, 0.15) is 39.7 Å². The number of hydrogen-bond acceptors (Lipinski definition) is 3. The van der Waals surface area contributed by atoms with Gasteiger partial charge in [0.25, 0.3) is 5.91 Å². The highest BCUT2D eigenvalue weighted by Crippen LogP contribution is 2.17. The molecule has 6 heteroatoms. The molecule has 2 aromatic rings. The second kappa shape index (κ2) is 8.08. The largest absolute Gasteiger partial charge is 0.331 e. The van der Waals surface area contributed by atoms with E-state index in [1.807, 2.05) is 43.5 Å². The van der Waals surface area contributed by atoms with Gasteiger partial charge in [-0.15, -0.1) is 11.3 Å². The van der Waals surface area contributed by atoms with Gasteiger partial charge in [0, 0.05) is 15.9 Å². The molecule has 0 unspecified atom stereocenters. The number of thiocarbonyl (C=S) groups is 1. The standard InChI is InChI=1S/C17H21N3OS2/c1-4-5-14-9-13(10-23-14)16(21)19-20-17(22)18-15-8-11(2)6-7-12(15)3/h6-10H,4-5H2,1-3H3,(H,19,21)(H2,18,20,22). The van der Waals surface area contributed by atoms with Gasteiger partial charge in [-0.25, -0.2) is 0 Å². The van der Waals surface area contributed by atoms with Crippen molar-refractivity contribution in [2.24, 2.45) is 0 Å². The Morgan fingerprint density at radius 1 is 1.22 bits per heavy atom. The number of rotatable bonds is 4. The van der Waals surface area contributed by atoms with Crippen molar-refractivity contribution >= 4 is 40.3 Å². The summed E-state index contributed by atoms with van der Waals surface area (Å²) in [6, 6.07) is 8.01. The van der Waals surface area contributed by atoms with Crippen LogP contribution in [-0.2, 0) is 6.42 Å². The van der Waals surface area contributed by atoms with Gasteiger partial charge >= 0.3 is 0 Å². The molecule has 0 spiro atoms. The van der Waals surface area contributed by atoms with Gasteiger partial charge in [0.15, 0.2) is 5.11 Å². The van der Waals surface area contributed by atoms with Crippen LogP contribution in [0.2, 0.25) is 0 Å². The van der Waals surface area contributed by atoms with Crippen molar-refractivity contribution in [1.29, 1.82) is 0 Å². The smallest absolute Gasteiger partial charge is 0.270 e. The maximum Gasteiger partial charge on any atom is 0.270 e. The quantitative estimate of drug-likeness (QED) is 0.579. The van der Waals surface area contributed by atoms with Crippen LogP contribution in [0.4, 0.5) is 5.69 Å². The highest BCUT2D eigenvalue weighted by Gasteiger charge is 2.09. The first-order valence-corrected chi connectivity index (χ1v) is 8.80. The van der Waals surface area contributed by atoms with E-state index >= 15 is 0 Å². The van der Waals surface area contributed by atoms with Gasteiger partial charge < -0.3 is 5.32 Å². The molecule has 0 aliphatic heterocycles. The molecule has 0 saturated heterocycles. The predicted octanol–water partition coefficient (Wildman–Crippen LogP) is 3.95. The van der Waals surface area contributed by atoms with Crippen molar-refractivity contribution in [3.05, 3.63) is 51.2 Å². The van der Waals surface area contributed by atoms with Crippen LogP contribution < -0.4 is 16.2 Å². The first-order chi connectivity index (χ1) is 11.0. The molecule has 1 aromatic heterocycles. The van der Waals surface area contributed by atoms with Gasteiger partial charge in [-0.2, -0.15) is 0 Å². The molecule has 1 aromatic carbocycles. The summed E-state index contributed by atoms with van der Waals surface area (Å²) in [6.45, 7) is 6.15. The molecule has 0 aliphatic rings. The minimum atomic E-state index is -0.186. The average Bonchev–Trinajstić information content (AvgIpc) is 2.98. The zero-order valence-corrected chi connectivity index (χ0v) is 15.2. The number of carbonyl (C=O) groups excluding carboxylic acids is 1. The molecule has 23 heavy (non-hydrogen) atoms. The maximum absolute atomic E-state index is 12.1. The summed E-state index contributed by atoms with van der Waals surface area (Å²) in [5.41, 5.74) is 9.18. The van der Waals surface area contributed by atoms with Crippen LogP contribution >= 0.6 is 23.6 Å². The molecule has 0 fully saturated rings. The second-order valence-corrected chi connectivity index (χ2v) is 6.81. The number of nitrogens with one attached hydrogen (secondary N) is 3. The Morgan fingerprint density at radius 2 is 2.00 bits per heavy atom. The van der Waals surface area contributed by atoms with Crippen molar-refractivity contribution in [3.8, 4) is 0 Å². The van der Waals surface area contributed by atoms with Gasteiger partial charge in [0.1, 0.15) is 0 Å². The normalized spacial score (nSPS) is 10.2. The fourth-order valence-electron chi connectivity index (χ4n) is 2.09. The van der Waals surface area contributed by atoms with Crippen molar-refractivity contribution in [1.82, 2.24) is 10.9 Å². The van der Waals surface area contributed by atoms with Gasteiger partial charge in [-0.3, -0.25) is 15.6 Å². The molecule has 0 radical (unpaired) electrons. The van der Waals surface area contributed by atoms with E-state index in [2.05, 4.69) is 23.1 Å². The Bertz CT molecular complexity index is 710. The lowest BCUT2D eigenvalue weighted by Gasteiger charge is -2.13. The number of thiophene rings is 1. The average molecular weight is 348 g/mol. The third-order valence-electron chi connectivity index (χ3n) is 3.34. The van der Waals surface area contributed by atoms with Crippen molar-refractivity contribution in [2.75, 3.05) is 5.32 Å². The van der Waals surface area contributed by atoms with Crippen LogP contribution in [0, 0.1) is 13.8 Å². The molecular formula is C17H21N3OS2. The lowest BCUT2D eigenvalue weighted by molar-refractivity contribution is 0.0944. The molecule has 1 amide bonds. The highest BCUT2D eigenvalue weighted by molar-refractivity contribution is 7.80. The Hall–Kier alpha value is -1.92. The molecular weight excluding hydrogens is 326 g/mol. The topological polar surface area (TPSA) is 53.2 Å². The van der Waals surface area contributed by atoms with Crippen LogP contribution in [0.25, 0.3) is 0 Å². The van der Waals surface area contributed by atoms with Crippen molar-refractivity contribution < 1.29 is 4.79 Å². The van der Waals surface area contributed by atoms with E-state index in [9.17, 15) is 4.79 Å². The molecule has 0 bridgehead atoms. The molecule has 0 aliphatic carbocycles. The van der Waals surface area contributed by atoms with E-state index in [-0.39, 0.29) is 5.91 Å². The Morgan fingerprint density at radius 3 is 2.74 bits per heavy atom.